The van der Waals surface area contributed by atoms with E-state index in [2.05, 4.69) is 36.0 Å². The molecule has 0 saturated carbocycles. The van der Waals surface area contributed by atoms with E-state index in [9.17, 15) is 4.79 Å². The molecule has 1 saturated heterocycles. The number of aryl methyl sites for hydroxylation is 1. The number of hydrogen-bond donors (Lipinski definition) is 1. The summed E-state index contributed by atoms with van der Waals surface area (Å²) in [5.74, 6) is 1.78. The van der Waals surface area contributed by atoms with Crippen LogP contribution in [0.2, 0.25) is 5.15 Å². The number of hydrogen-bond acceptors (Lipinski definition) is 5. The van der Waals surface area contributed by atoms with E-state index in [0.29, 0.717) is 24.7 Å². The highest BCUT2D eigenvalue weighted by molar-refractivity contribution is 6.29. The molecular formula is C20H23ClN6O. The maximum atomic E-state index is 12.7. The maximum absolute atomic E-state index is 12.7. The lowest BCUT2D eigenvalue weighted by atomic mass is 9.97. The first kappa shape index (κ1) is 18.7. The summed E-state index contributed by atoms with van der Waals surface area (Å²) < 4.78 is 2.09. The monoisotopic (exact) mass is 398 g/mol. The van der Waals surface area contributed by atoms with E-state index in [4.69, 9.17) is 11.6 Å². The quantitative estimate of drug-likeness (QED) is 0.714. The van der Waals surface area contributed by atoms with Crippen molar-refractivity contribution in [1.82, 2.24) is 25.1 Å². The predicted octanol–water partition coefficient (Wildman–Crippen LogP) is 2.59. The van der Waals surface area contributed by atoms with Crippen molar-refractivity contribution in [3.63, 3.8) is 0 Å². The van der Waals surface area contributed by atoms with Crippen LogP contribution in [0.15, 0.2) is 36.4 Å². The molecule has 7 nitrogen and oxygen atoms in total. The zero-order chi connectivity index (χ0) is 19.5. The van der Waals surface area contributed by atoms with Crippen molar-refractivity contribution in [3.05, 3.63) is 47.4 Å². The summed E-state index contributed by atoms with van der Waals surface area (Å²) in [5, 5.41) is 11.5. The summed E-state index contributed by atoms with van der Waals surface area (Å²) in [5.41, 5.74) is 2.09. The molecule has 1 N–H and O–H groups in total. The predicted molar refractivity (Wildman–Crippen MR) is 109 cm³/mol. The van der Waals surface area contributed by atoms with Gasteiger partial charge in [-0.05, 0) is 37.1 Å². The highest BCUT2D eigenvalue weighted by Crippen LogP contribution is 2.22. The molecule has 1 amide bonds. The fraction of sp³-hybridized carbons (Fsp3) is 0.400. The van der Waals surface area contributed by atoms with Crippen LogP contribution in [0.5, 0.6) is 0 Å². The Morgan fingerprint density at radius 2 is 2.11 bits per heavy atom. The smallest absolute Gasteiger partial charge is 0.224 e. The van der Waals surface area contributed by atoms with Gasteiger partial charge in [0.25, 0.3) is 0 Å². The Balaban J connectivity index is 1.33. The average molecular weight is 399 g/mol. The van der Waals surface area contributed by atoms with Gasteiger partial charge in [-0.1, -0.05) is 23.7 Å². The van der Waals surface area contributed by atoms with Crippen LogP contribution < -0.4 is 10.2 Å². The van der Waals surface area contributed by atoms with E-state index >= 15 is 0 Å². The average Bonchev–Trinajstić information content (AvgIpc) is 3.04. The number of nitrogens with one attached hydrogen (secondary N) is 1. The lowest BCUT2D eigenvalue weighted by Crippen LogP contribution is -2.44. The number of para-hydroxylation sites is 2. The van der Waals surface area contributed by atoms with Crippen molar-refractivity contribution in [2.45, 2.75) is 19.3 Å². The number of piperidine rings is 1. The minimum atomic E-state index is -0.0494. The summed E-state index contributed by atoms with van der Waals surface area (Å²) >= 11 is 5.81. The van der Waals surface area contributed by atoms with Gasteiger partial charge in [0, 0.05) is 33.1 Å². The Labute approximate surface area is 168 Å². The van der Waals surface area contributed by atoms with Crippen LogP contribution >= 0.6 is 11.6 Å². The SMILES string of the molecule is Cn1c(CCNC(=O)[C@H]2CCCN(c3ccc(Cl)nn3)C2)nc2ccccc21. The summed E-state index contributed by atoms with van der Waals surface area (Å²) in [4.78, 5) is 19.4. The second-order valence-corrected chi connectivity index (χ2v) is 7.50. The number of halogens is 1. The second-order valence-electron chi connectivity index (χ2n) is 7.12. The van der Waals surface area contributed by atoms with Gasteiger partial charge in [0.2, 0.25) is 5.91 Å². The van der Waals surface area contributed by atoms with Gasteiger partial charge in [-0.15, -0.1) is 10.2 Å². The number of carbonyl (C=O) groups excluding carboxylic acids is 1. The molecule has 1 atom stereocenters. The number of fused-ring (bicyclic) bond motifs is 1. The number of anilines is 1. The third-order valence-corrected chi connectivity index (χ3v) is 5.46. The number of benzene rings is 1. The van der Waals surface area contributed by atoms with Gasteiger partial charge < -0.3 is 14.8 Å². The molecular weight excluding hydrogens is 376 g/mol. The van der Waals surface area contributed by atoms with Crippen molar-refractivity contribution < 1.29 is 4.79 Å². The van der Waals surface area contributed by atoms with Crippen molar-refractivity contribution in [3.8, 4) is 0 Å². The Morgan fingerprint density at radius 1 is 1.25 bits per heavy atom. The van der Waals surface area contributed by atoms with E-state index in [1.807, 2.05) is 31.3 Å². The largest absolute Gasteiger partial charge is 0.355 e. The van der Waals surface area contributed by atoms with E-state index in [1.165, 1.54) is 0 Å². The van der Waals surface area contributed by atoms with Gasteiger partial charge in [-0.3, -0.25) is 4.79 Å². The molecule has 0 spiro atoms. The van der Waals surface area contributed by atoms with Crippen LogP contribution in [0.1, 0.15) is 18.7 Å². The molecule has 0 bridgehead atoms. The van der Waals surface area contributed by atoms with Crippen LogP contribution in [-0.4, -0.2) is 45.3 Å². The summed E-state index contributed by atoms with van der Waals surface area (Å²) in [6.07, 6.45) is 2.54. The lowest BCUT2D eigenvalue weighted by Gasteiger charge is -2.32. The topological polar surface area (TPSA) is 75.9 Å². The highest BCUT2D eigenvalue weighted by atomic mass is 35.5. The number of aromatic nitrogens is 4. The standard InChI is InChI=1S/C20H23ClN6O/c1-26-16-7-3-2-6-15(16)23-18(26)10-11-22-20(28)14-5-4-12-27(13-14)19-9-8-17(21)24-25-19/h2-3,6-9,14H,4-5,10-13H2,1H3,(H,22,28)/t14-/m0/s1. The molecule has 146 valence electrons. The Kier molecular flexibility index (Phi) is 5.43. The number of rotatable bonds is 5. The van der Waals surface area contributed by atoms with Crippen LogP contribution in [0.25, 0.3) is 11.0 Å². The first-order valence-electron chi connectivity index (χ1n) is 9.54. The Morgan fingerprint density at radius 3 is 2.89 bits per heavy atom. The third-order valence-electron chi connectivity index (χ3n) is 5.26. The number of imidazole rings is 1. The molecule has 3 heterocycles. The molecule has 8 heteroatoms. The van der Waals surface area contributed by atoms with E-state index in [0.717, 1.165) is 42.1 Å². The fourth-order valence-corrected chi connectivity index (χ4v) is 3.84. The third kappa shape index (κ3) is 3.94. The Hall–Kier alpha value is -2.67. The van der Waals surface area contributed by atoms with E-state index < -0.39 is 0 Å². The van der Waals surface area contributed by atoms with Crippen LogP contribution in [-0.2, 0) is 18.3 Å². The minimum absolute atomic E-state index is 0.0494. The Bertz CT molecular complexity index is 970. The molecule has 3 aromatic rings. The van der Waals surface area contributed by atoms with Crippen LogP contribution in [0.4, 0.5) is 5.82 Å². The highest BCUT2D eigenvalue weighted by Gasteiger charge is 2.26. The van der Waals surface area contributed by atoms with Crippen molar-refractivity contribution in [1.29, 1.82) is 0 Å². The van der Waals surface area contributed by atoms with Crippen LogP contribution in [0.3, 0.4) is 0 Å². The number of carbonyl (C=O) groups is 1. The van der Waals surface area contributed by atoms with Gasteiger partial charge >= 0.3 is 0 Å². The fourth-order valence-electron chi connectivity index (χ4n) is 3.74. The molecule has 1 aliphatic rings. The molecule has 4 rings (SSSR count). The molecule has 1 fully saturated rings. The molecule has 1 aliphatic heterocycles. The first-order chi connectivity index (χ1) is 13.6. The first-order valence-corrected chi connectivity index (χ1v) is 9.92. The minimum Gasteiger partial charge on any atom is -0.355 e. The van der Waals surface area contributed by atoms with Gasteiger partial charge in [-0.2, -0.15) is 0 Å². The van der Waals surface area contributed by atoms with Crippen LogP contribution in [0, 0.1) is 5.92 Å². The lowest BCUT2D eigenvalue weighted by molar-refractivity contribution is -0.125. The van der Waals surface area contributed by atoms with Gasteiger partial charge in [0.1, 0.15) is 5.82 Å². The molecule has 2 aromatic heterocycles. The summed E-state index contributed by atoms with van der Waals surface area (Å²) in [6.45, 7) is 2.10. The summed E-state index contributed by atoms with van der Waals surface area (Å²) in [6, 6.07) is 11.6. The zero-order valence-electron chi connectivity index (χ0n) is 15.8. The normalized spacial score (nSPS) is 17.1. The molecule has 1 aromatic carbocycles. The molecule has 0 aliphatic carbocycles. The van der Waals surface area contributed by atoms with E-state index in [-0.39, 0.29) is 11.8 Å². The summed E-state index contributed by atoms with van der Waals surface area (Å²) in [7, 11) is 2.01. The van der Waals surface area contributed by atoms with Crippen molar-refractivity contribution in [2.75, 3.05) is 24.5 Å². The van der Waals surface area contributed by atoms with Crippen molar-refractivity contribution in [2.24, 2.45) is 13.0 Å². The van der Waals surface area contributed by atoms with E-state index in [1.54, 1.807) is 6.07 Å². The molecule has 28 heavy (non-hydrogen) atoms. The van der Waals surface area contributed by atoms with Gasteiger partial charge in [0.15, 0.2) is 11.0 Å². The molecule has 0 radical (unpaired) electrons. The number of amides is 1. The van der Waals surface area contributed by atoms with Gasteiger partial charge in [-0.25, -0.2) is 4.98 Å². The van der Waals surface area contributed by atoms with Crippen molar-refractivity contribution >= 4 is 34.4 Å². The molecule has 0 unspecified atom stereocenters. The number of nitrogens with zero attached hydrogens (tertiary/aromatic N) is 5. The maximum Gasteiger partial charge on any atom is 0.224 e. The zero-order valence-corrected chi connectivity index (χ0v) is 16.6. The second kappa shape index (κ2) is 8.14. The van der Waals surface area contributed by atoms with Gasteiger partial charge in [0.05, 0.1) is 17.0 Å².